The minimum Gasteiger partial charge on any atom is -0.487 e. The number of hydrogen-bond acceptors (Lipinski definition) is 6. The molecular weight excluding hydrogens is 582 g/mol. The van der Waals surface area contributed by atoms with E-state index in [4.69, 9.17) is 4.74 Å². The molecule has 3 heterocycles. The molecule has 2 aromatic carbocycles. The SMILES string of the molecule is CC(C)C[C@@H]1NC(=O)[C@@H](NC(=O)[C@H]2CCCN2C(=O)[C@H](Cc2ccccc2)N(C)C)[C@H](C(C)C)Oc2ccc(cc2)C=CNC1=O. The Kier molecular flexibility index (Phi) is 12.0. The third-order valence-electron chi connectivity index (χ3n) is 8.58. The third-order valence-corrected chi connectivity index (χ3v) is 8.58. The van der Waals surface area contributed by atoms with E-state index in [1.54, 1.807) is 29.3 Å². The van der Waals surface area contributed by atoms with E-state index in [1.165, 1.54) is 0 Å². The number of carbonyl (C=O) groups excluding carboxylic acids is 4. The maximum atomic E-state index is 14.1. The zero-order valence-electron chi connectivity index (χ0n) is 27.9. The molecule has 1 saturated heterocycles. The Morgan fingerprint density at radius 3 is 2.33 bits per heavy atom. The van der Waals surface area contributed by atoms with Crippen LogP contribution in [0.15, 0.2) is 60.8 Å². The van der Waals surface area contributed by atoms with Crippen LogP contribution in [0.25, 0.3) is 6.08 Å². The Labute approximate surface area is 272 Å². The second-order valence-electron chi connectivity index (χ2n) is 13.3. The maximum Gasteiger partial charge on any atom is 0.247 e. The smallest absolute Gasteiger partial charge is 0.247 e. The first-order valence-corrected chi connectivity index (χ1v) is 16.3. The van der Waals surface area contributed by atoms with Gasteiger partial charge in [0, 0.05) is 12.7 Å². The second kappa shape index (κ2) is 15.9. The fraction of sp³-hybridized carbons (Fsp3) is 0.500. The van der Waals surface area contributed by atoms with E-state index < -0.39 is 42.1 Å². The van der Waals surface area contributed by atoms with E-state index in [1.807, 2.05) is 89.2 Å². The molecule has 2 bridgehead atoms. The number of benzene rings is 2. The first-order valence-electron chi connectivity index (χ1n) is 16.3. The van der Waals surface area contributed by atoms with Crippen LogP contribution >= 0.6 is 0 Å². The normalized spacial score (nSPS) is 22.8. The van der Waals surface area contributed by atoms with Crippen molar-refractivity contribution in [3.05, 3.63) is 71.9 Å². The van der Waals surface area contributed by atoms with Crippen molar-refractivity contribution in [2.24, 2.45) is 11.8 Å². The van der Waals surface area contributed by atoms with E-state index in [0.29, 0.717) is 38.0 Å². The highest BCUT2D eigenvalue weighted by Gasteiger charge is 2.42. The number of likely N-dealkylation sites (tertiary alicyclic amines) is 1. The van der Waals surface area contributed by atoms with E-state index in [9.17, 15) is 19.2 Å². The van der Waals surface area contributed by atoms with Crippen LogP contribution in [-0.4, -0.2) is 84.3 Å². The molecule has 1 fully saturated rings. The average Bonchev–Trinajstić information content (AvgIpc) is 3.51. The highest BCUT2D eigenvalue weighted by molar-refractivity contribution is 5.95. The van der Waals surface area contributed by atoms with Crippen LogP contribution in [0.4, 0.5) is 0 Å². The van der Waals surface area contributed by atoms with Crippen molar-refractivity contribution >= 4 is 29.7 Å². The van der Waals surface area contributed by atoms with Gasteiger partial charge in [-0.25, -0.2) is 0 Å². The molecular formula is C36H49N5O5. The molecule has 0 radical (unpaired) electrons. The summed E-state index contributed by atoms with van der Waals surface area (Å²) in [5, 5.41) is 8.66. The second-order valence-corrected chi connectivity index (χ2v) is 13.3. The van der Waals surface area contributed by atoms with Crippen molar-refractivity contribution in [3.8, 4) is 5.75 Å². The number of likely N-dealkylation sites (N-methyl/N-ethyl adjacent to an activating group) is 1. The zero-order valence-corrected chi connectivity index (χ0v) is 27.9. The largest absolute Gasteiger partial charge is 0.487 e. The number of nitrogens with one attached hydrogen (secondary N) is 3. The number of nitrogens with zero attached hydrogens (tertiary/aromatic N) is 2. The van der Waals surface area contributed by atoms with E-state index in [2.05, 4.69) is 16.0 Å². The number of ether oxygens (including phenoxy) is 1. The fourth-order valence-corrected chi connectivity index (χ4v) is 6.06. The first-order chi connectivity index (χ1) is 21.9. The predicted octanol–water partition coefficient (Wildman–Crippen LogP) is 3.37. The number of hydrogen-bond donors (Lipinski definition) is 3. The maximum absolute atomic E-state index is 14.1. The fourth-order valence-electron chi connectivity index (χ4n) is 6.06. The summed E-state index contributed by atoms with van der Waals surface area (Å²) in [4.78, 5) is 58.8. The molecule has 10 nitrogen and oxygen atoms in total. The molecule has 0 saturated carbocycles. The van der Waals surface area contributed by atoms with Gasteiger partial charge in [-0.1, -0.05) is 70.2 Å². The number of fused-ring (bicyclic) bond motifs is 10. The van der Waals surface area contributed by atoms with Gasteiger partial charge in [0.1, 0.15) is 30.0 Å². The summed E-state index contributed by atoms with van der Waals surface area (Å²) in [6.45, 7) is 8.25. The summed E-state index contributed by atoms with van der Waals surface area (Å²) in [6.07, 6.45) is 4.66. The summed E-state index contributed by atoms with van der Waals surface area (Å²) in [5.41, 5.74) is 1.90. The Bertz CT molecular complexity index is 1370. The molecule has 0 spiro atoms. The molecule has 3 aliphatic heterocycles. The Balaban J connectivity index is 1.62. The summed E-state index contributed by atoms with van der Waals surface area (Å²) in [5.74, 6) is -0.922. The molecule has 3 aliphatic rings. The van der Waals surface area contributed by atoms with Crippen LogP contribution in [0, 0.1) is 11.8 Å². The predicted molar refractivity (Wildman–Crippen MR) is 179 cm³/mol. The molecule has 0 unspecified atom stereocenters. The molecule has 10 heteroatoms. The average molecular weight is 632 g/mol. The van der Waals surface area contributed by atoms with Gasteiger partial charge in [-0.3, -0.25) is 24.1 Å². The van der Waals surface area contributed by atoms with Gasteiger partial charge in [0.2, 0.25) is 23.6 Å². The van der Waals surface area contributed by atoms with Crippen molar-refractivity contribution in [1.29, 1.82) is 0 Å². The van der Waals surface area contributed by atoms with Crippen LogP contribution in [0.5, 0.6) is 5.75 Å². The highest BCUT2D eigenvalue weighted by atomic mass is 16.5. The minimum absolute atomic E-state index is 0.120. The van der Waals surface area contributed by atoms with Crippen molar-refractivity contribution in [2.45, 2.75) is 83.6 Å². The lowest BCUT2D eigenvalue weighted by Gasteiger charge is -2.35. The molecule has 0 aromatic heterocycles. The van der Waals surface area contributed by atoms with Gasteiger partial charge in [0.25, 0.3) is 0 Å². The van der Waals surface area contributed by atoms with Gasteiger partial charge in [-0.05, 0) is 81.0 Å². The van der Waals surface area contributed by atoms with Crippen LogP contribution in [0.3, 0.4) is 0 Å². The topological polar surface area (TPSA) is 120 Å². The summed E-state index contributed by atoms with van der Waals surface area (Å²) < 4.78 is 6.39. The van der Waals surface area contributed by atoms with E-state index in [-0.39, 0.29) is 23.7 Å². The van der Waals surface area contributed by atoms with Crippen molar-refractivity contribution in [3.63, 3.8) is 0 Å². The Hall–Kier alpha value is -4.18. The van der Waals surface area contributed by atoms with E-state index in [0.717, 1.165) is 11.1 Å². The molecule has 4 amide bonds. The van der Waals surface area contributed by atoms with Gasteiger partial charge in [0.05, 0.1) is 6.04 Å². The van der Waals surface area contributed by atoms with Crippen LogP contribution in [0.1, 0.15) is 58.1 Å². The van der Waals surface area contributed by atoms with Gasteiger partial charge in [-0.15, -0.1) is 0 Å². The Morgan fingerprint density at radius 2 is 1.70 bits per heavy atom. The molecule has 5 rings (SSSR count). The highest BCUT2D eigenvalue weighted by Crippen LogP contribution is 2.24. The number of rotatable bonds is 9. The lowest BCUT2D eigenvalue weighted by atomic mass is 9.96. The Morgan fingerprint density at radius 1 is 1.00 bits per heavy atom. The molecule has 248 valence electrons. The molecule has 3 N–H and O–H groups in total. The summed E-state index contributed by atoms with van der Waals surface area (Å²) >= 11 is 0. The van der Waals surface area contributed by atoms with Gasteiger partial charge >= 0.3 is 0 Å². The lowest BCUT2D eigenvalue weighted by Crippen LogP contribution is -2.62. The molecule has 46 heavy (non-hydrogen) atoms. The van der Waals surface area contributed by atoms with Gasteiger partial charge in [0.15, 0.2) is 0 Å². The third kappa shape index (κ3) is 8.96. The zero-order chi connectivity index (χ0) is 33.4. The van der Waals surface area contributed by atoms with Crippen molar-refractivity contribution in [1.82, 2.24) is 25.8 Å². The summed E-state index contributed by atoms with van der Waals surface area (Å²) in [7, 11) is 3.74. The molecule has 2 aromatic rings. The molecule has 5 atom stereocenters. The van der Waals surface area contributed by atoms with E-state index >= 15 is 0 Å². The first kappa shape index (κ1) is 34.7. The van der Waals surface area contributed by atoms with Gasteiger partial charge < -0.3 is 25.6 Å². The van der Waals surface area contributed by atoms with Crippen molar-refractivity contribution in [2.75, 3.05) is 20.6 Å². The number of amides is 4. The van der Waals surface area contributed by atoms with Crippen LogP contribution in [0.2, 0.25) is 0 Å². The van der Waals surface area contributed by atoms with Gasteiger partial charge in [-0.2, -0.15) is 0 Å². The summed E-state index contributed by atoms with van der Waals surface area (Å²) in [6, 6.07) is 14.0. The minimum atomic E-state index is -1.13. The van der Waals surface area contributed by atoms with Crippen LogP contribution in [-0.2, 0) is 25.6 Å². The van der Waals surface area contributed by atoms with Crippen LogP contribution < -0.4 is 20.7 Å². The quantitative estimate of drug-likeness (QED) is 0.391. The lowest BCUT2D eigenvalue weighted by molar-refractivity contribution is -0.143. The number of carbonyl (C=O) groups is 4. The monoisotopic (exact) mass is 631 g/mol. The molecule has 0 aliphatic carbocycles. The standard InChI is InChI=1S/C36H49N5O5/c1-23(2)21-28-33(42)37-19-18-25-14-16-27(17-15-25)46-32(24(3)4)31(35(44)38-28)39-34(43)29-13-10-20-41(29)36(45)30(40(5)6)22-26-11-8-7-9-12-26/h7-9,11-12,14-19,23-24,28-32H,10,13,20-22H2,1-6H3,(H,37,42)(H,38,44)(H,39,43)/t28-,29+,30-,31-,32-/m0/s1. The van der Waals surface area contributed by atoms with Crippen molar-refractivity contribution < 1.29 is 23.9 Å².